The van der Waals surface area contributed by atoms with Crippen molar-refractivity contribution in [2.75, 3.05) is 38.5 Å². The van der Waals surface area contributed by atoms with Crippen molar-refractivity contribution in [2.45, 2.75) is 24.5 Å². The molecular formula is C16H21N7O6. The Morgan fingerprint density at radius 2 is 1.86 bits per heavy atom. The summed E-state index contributed by atoms with van der Waals surface area (Å²) in [6.07, 6.45) is -2.57. The van der Waals surface area contributed by atoms with Gasteiger partial charge in [0.1, 0.15) is 24.1 Å². The van der Waals surface area contributed by atoms with Crippen LogP contribution in [-0.4, -0.2) is 108 Å². The van der Waals surface area contributed by atoms with E-state index in [4.69, 9.17) is 15.6 Å². The van der Waals surface area contributed by atoms with E-state index >= 15 is 0 Å². The van der Waals surface area contributed by atoms with Crippen molar-refractivity contribution in [3.63, 3.8) is 0 Å². The third-order valence-corrected chi connectivity index (χ3v) is 5.19. The van der Waals surface area contributed by atoms with E-state index in [1.807, 2.05) is 0 Å². The molecule has 0 radical (unpaired) electrons. The molecule has 0 unspecified atom stereocenters. The number of nitrogens with two attached hydrogens (primary N) is 1. The summed E-state index contributed by atoms with van der Waals surface area (Å²) in [5.74, 6) is -1.23. The number of hydrogen-bond donors (Lipinski definition) is 4. The molecule has 2 aliphatic heterocycles. The lowest BCUT2D eigenvalue weighted by Crippen LogP contribution is -2.54. The number of aliphatic carboxylic acids is 1. The summed E-state index contributed by atoms with van der Waals surface area (Å²) < 4.78 is 7.11. The lowest BCUT2D eigenvalue weighted by molar-refractivity contribution is -0.150. The fourth-order valence-electron chi connectivity index (χ4n) is 3.65. The Hall–Kier alpha value is -2.87. The van der Waals surface area contributed by atoms with Gasteiger partial charge in [-0.1, -0.05) is 0 Å². The van der Waals surface area contributed by atoms with Gasteiger partial charge in [0.2, 0.25) is 0 Å². The van der Waals surface area contributed by atoms with Crippen LogP contribution in [0.5, 0.6) is 0 Å². The molecule has 5 N–H and O–H groups in total. The molecule has 13 heteroatoms. The molecule has 4 atom stereocenters. The first-order valence-corrected chi connectivity index (χ1v) is 9.04. The summed E-state index contributed by atoms with van der Waals surface area (Å²) in [4.78, 5) is 38.9. The molecule has 0 bridgehead atoms. The third kappa shape index (κ3) is 3.48. The molecule has 2 aromatic rings. The fourth-order valence-corrected chi connectivity index (χ4v) is 3.65. The van der Waals surface area contributed by atoms with Crippen molar-refractivity contribution in [3.05, 3.63) is 12.7 Å². The molecule has 0 aromatic carbocycles. The zero-order valence-corrected chi connectivity index (χ0v) is 15.3. The number of fused-ring (bicyclic) bond motifs is 1. The first-order chi connectivity index (χ1) is 13.9. The van der Waals surface area contributed by atoms with Gasteiger partial charge in [0, 0.05) is 26.2 Å². The second kappa shape index (κ2) is 7.51. The second-order valence-corrected chi connectivity index (χ2v) is 7.01. The molecule has 0 spiro atoms. The predicted molar refractivity (Wildman–Crippen MR) is 96.3 cm³/mol. The predicted octanol–water partition coefficient (Wildman–Crippen LogP) is -2.74. The monoisotopic (exact) mass is 407 g/mol. The van der Waals surface area contributed by atoms with Crippen molar-refractivity contribution in [2.24, 2.45) is 0 Å². The number of nitrogens with zero attached hydrogens (tertiary/aromatic N) is 6. The smallest absolute Gasteiger partial charge is 0.317 e. The van der Waals surface area contributed by atoms with Crippen LogP contribution in [0.4, 0.5) is 5.82 Å². The number of aliphatic hydroxyl groups excluding tert-OH is 2. The quantitative estimate of drug-likeness (QED) is 0.413. The maximum Gasteiger partial charge on any atom is 0.317 e. The minimum absolute atomic E-state index is 0.0932. The Kier molecular flexibility index (Phi) is 5.04. The van der Waals surface area contributed by atoms with Crippen molar-refractivity contribution >= 4 is 28.9 Å². The number of nitrogen functional groups attached to an aromatic ring is 1. The molecule has 4 heterocycles. The Balaban J connectivity index is 1.48. The van der Waals surface area contributed by atoms with E-state index in [0.717, 1.165) is 0 Å². The van der Waals surface area contributed by atoms with E-state index in [-0.39, 0.29) is 12.4 Å². The van der Waals surface area contributed by atoms with Crippen molar-refractivity contribution in [1.82, 2.24) is 29.3 Å². The molecule has 1 amide bonds. The average Bonchev–Trinajstić information content (AvgIpc) is 3.24. The van der Waals surface area contributed by atoms with Crippen molar-refractivity contribution in [3.8, 4) is 0 Å². The molecular weight excluding hydrogens is 386 g/mol. The number of imidazole rings is 1. The van der Waals surface area contributed by atoms with Gasteiger partial charge in [0.25, 0.3) is 5.91 Å². The van der Waals surface area contributed by atoms with Gasteiger partial charge < -0.3 is 30.7 Å². The number of carboxylic acids is 1. The van der Waals surface area contributed by atoms with Crippen LogP contribution in [0.3, 0.4) is 0 Å². The fraction of sp³-hybridized carbons (Fsp3) is 0.562. The average molecular weight is 407 g/mol. The Morgan fingerprint density at radius 1 is 1.14 bits per heavy atom. The highest BCUT2D eigenvalue weighted by molar-refractivity contribution is 5.83. The van der Waals surface area contributed by atoms with Crippen LogP contribution in [0.1, 0.15) is 6.23 Å². The number of aromatic nitrogens is 4. The van der Waals surface area contributed by atoms with Gasteiger partial charge in [-0.05, 0) is 0 Å². The molecule has 2 fully saturated rings. The Labute approximate surface area is 164 Å². The molecule has 0 aliphatic carbocycles. The van der Waals surface area contributed by atoms with Crippen LogP contribution in [0, 0.1) is 0 Å². The highest BCUT2D eigenvalue weighted by Gasteiger charge is 2.49. The van der Waals surface area contributed by atoms with Gasteiger partial charge in [-0.15, -0.1) is 0 Å². The van der Waals surface area contributed by atoms with Gasteiger partial charge in [-0.25, -0.2) is 15.0 Å². The Bertz CT molecular complexity index is 928. The van der Waals surface area contributed by atoms with E-state index in [9.17, 15) is 19.8 Å². The second-order valence-electron chi connectivity index (χ2n) is 7.01. The lowest BCUT2D eigenvalue weighted by Gasteiger charge is -2.35. The van der Waals surface area contributed by atoms with Crippen LogP contribution >= 0.6 is 0 Å². The minimum Gasteiger partial charge on any atom is -0.480 e. The largest absolute Gasteiger partial charge is 0.480 e. The highest BCUT2D eigenvalue weighted by Crippen LogP contribution is 2.32. The van der Waals surface area contributed by atoms with Crippen LogP contribution < -0.4 is 5.73 Å². The van der Waals surface area contributed by atoms with E-state index in [1.54, 1.807) is 4.90 Å². The van der Waals surface area contributed by atoms with Gasteiger partial charge >= 0.3 is 5.97 Å². The minimum atomic E-state index is -1.44. The van der Waals surface area contributed by atoms with Crippen LogP contribution in [0.15, 0.2) is 12.7 Å². The molecule has 2 saturated heterocycles. The summed E-state index contributed by atoms with van der Waals surface area (Å²) in [7, 11) is 0. The molecule has 2 aliphatic rings. The number of carbonyl (C=O) groups excluding carboxylic acids is 1. The van der Waals surface area contributed by atoms with E-state index in [2.05, 4.69) is 15.0 Å². The maximum atomic E-state index is 12.8. The SMILES string of the molecule is Nc1ncnc2c1ncn2[C@@H]1O[C@H](C(=O)N2CCN(CC(=O)O)CC2)[C@@H](O)[C@H]1O. The molecule has 13 nitrogen and oxygen atoms in total. The van der Waals surface area contributed by atoms with Crippen LogP contribution in [0.2, 0.25) is 0 Å². The lowest BCUT2D eigenvalue weighted by atomic mass is 10.1. The summed E-state index contributed by atoms with van der Waals surface area (Å²) >= 11 is 0. The normalized spacial score (nSPS) is 28.1. The van der Waals surface area contributed by atoms with Crippen molar-refractivity contribution < 1.29 is 29.6 Å². The third-order valence-electron chi connectivity index (χ3n) is 5.19. The van der Waals surface area contributed by atoms with E-state index in [1.165, 1.54) is 22.1 Å². The van der Waals surface area contributed by atoms with Gasteiger partial charge in [-0.3, -0.25) is 19.1 Å². The molecule has 29 heavy (non-hydrogen) atoms. The standard InChI is InChI=1S/C16H21N7O6/c17-13-9-14(19-6-18-13)23(7-20-9)16-11(27)10(26)12(29-16)15(28)22-3-1-21(2-4-22)5-8(24)25/h6-7,10-12,16,26-27H,1-5H2,(H,24,25)(H2,17,18,19)/t10-,11+,12-,16+/m0/s1. The van der Waals surface area contributed by atoms with E-state index < -0.39 is 36.4 Å². The summed E-state index contributed by atoms with van der Waals surface area (Å²) in [5, 5.41) is 29.8. The Morgan fingerprint density at radius 3 is 2.55 bits per heavy atom. The zero-order valence-electron chi connectivity index (χ0n) is 15.3. The molecule has 156 valence electrons. The molecule has 4 rings (SSSR count). The van der Waals surface area contributed by atoms with E-state index in [0.29, 0.717) is 37.3 Å². The number of carbonyl (C=O) groups is 2. The number of rotatable bonds is 4. The number of hydrogen-bond acceptors (Lipinski definition) is 10. The molecule has 2 aromatic heterocycles. The van der Waals surface area contributed by atoms with Crippen LogP contribution in [-0.2, 0) is 14.3 Å². The number of aliphatic hydroxyl groups is 2. The zero-order chi connectivity index (χ0) is 20.7. The molecule has 0 saturated carbocycles. The first-order valence-electron chi connectivity index (χ1n) is 9.04. The summed E-state index contributed by atoms with van der Waals surface area (Å²) in [5.41, 5.74) is 6.39. The maximum absolute atomic E-state index is 12.8. The van der Waals surface area contributed by atoms with Gasteiger partial charge in [0.15, 0.2) is 23.8 Å². The highest BCUT2D eigenvalue weighted by atomic mass is 16.6. The number of piperazine rings is 1. The first kappa shape index (κ1) is 19.4. The summed E-state index contributed by atoms with van der Waals surface area (Å²) in [6.45, 7) is 1.31. The number of amides is 1. The number of anilines is 1. The van der Waals surface area contributed by atoms with Gasteiger partial charge in [-0.2, -0.15) is 0 Å². The number of ether oxygens (including phenoxy) is 1. The number of carboxylic acid groups (broad SMARTS) is 1. The van der Waals surface area contributed by atoms with Crippen molar-refractivity contribution in [1.29, 1.82) is 0 Å². The van der Waals surface area contributed by atoms with Crippen LogP contribution in [0.25, 0.3) is 11.2 Å². The topological polar surface area (TPSA) is 180 Å². The summed E-state index contributed by atoms with van der Waals surface area (Å²) in [6, 6.07) is 0. The van der Waals surface area contributed by atoms with Gasteiger partial charge in [0.05, 0.1) is 12.9 Å².